The van der Waals surface area contributed by atoms with Gasteiger partial charge in [0.15, 0.2) is 0 Å². The average molecular weight is 345 g/mol. The molecule has 0 unspecified atom stereocenters. The fourth-order valence-corrected chi connectivity index (χ4v) is 4.98. The van der Waals surface area contributed by atoms with E-state index in [1.807, 2.05) is 16.3 Å². The van der Waals surface area contributed by atoms with Gasteiger partial charge in [0.2, 0.25) is 5.91 Å². The molecule has 6 heteroatoms. The van der Waals surface area contributed by atoms with Crippen molar-refractivity contribution in [2.24, 2.45) is 11.8 Å². The zero-order valence-corrected chi connectivity index (χ0v) is 14.6. The molecule has 3 heterocycles. The Morgan fingerprint density at radius 2 is 2.08 bits per heavy atom. The van der Waals surface area contributed by atoms with Crippen molar-refractivity contribution < 1.29 is 4.79 Å². The summed E-state index contributed by atoms with van der Waals surface area (Å²) in [6.45, 7) is 2.22. The van der Waals surface area contributed by atoms with Crippen molar-refractivity contribution in [1.82, 2.24) is 14.5 Å². The molecule has 0 bridgehead atoms. The number of thiophene rings is 1. The summed E-state index contributed by atoms with van der Waals surface area (Å²) in [5.41, 5.74) is -0.0416. The summed E-state index contributed by atoms with van der Waals surface area (Å²) in [7, 11) is 0. The molecule has 2 aromatic heterocycles. The van der Waals surface area contributed by atoms with E-state index in [1.165, 1.54) is 37.0 Å². The second kappa shape index (κ2) is 6.67. The van der Waals surface area contributed by atoms with E-state index in [2.05, 4.69) is 4.98 Å². The van der Waals surface area contributed by atoms with Crippen LogP contribution in [0.2, 0.25) is 0 Å². The Kier molecular flexibility index (Phi) is 4.39. The number of aryl methyl sites for hydroxylation is 1. The Morgan fingerprint density at radius 1 is 1.25 bits per heavy atom. The number of piperidine rings is 1. The summed E-state index contributed by atoms with van der Waals surface area (Å²) in [5, 5.41) is 2.53. The Hall–Kier alpha value is -1.69. The maximum absolute atomic E-state index is 12.6. The predicted molar refractivity (Wildman–Crippen MR) is 95.1 cm³/mol. The maximum Gasteiger partial charge on any atom is 0.262 e. The van der Waals surface area contributed by atoms with Crippen LogP contribution in [0.5, 0.6) is 0 Å². The molecule has 128 valence electrons. The third kappa shape index (κ3) is 2.99. The molecule has 2 aliphatic rings. The van der Waals surface area contributed by atoms with Gasteiger partial charge in [-0.2, -0.15) is 0 Å². The minimum atomic E-state index is -0.0416. The average Bonchev–Trinajstić information content (AvgIpc) is 3.10. The van der Waals surface area contributed by atoms with Crippen LogP contribution in [0.25, 0.3) is 10.2 Å². The van der Waals surface area contributed by atoms with Crippen molar-refractivity contribution in [2.45, 2.75) is 45.1 Å². The van der Waals surface area contributed by atoms with E-state index >= 15 is 0 Å². The second-order valence-corrected chi connectivity index (χ2v) is 7.96. The summed E-state index contributed by atoms with van der Waals surface area (Å²) in [6, 6.07) is 1.81. The normalized spacial score (nSPS) is 24.1. The number of carbonyl (C=O) groups is 1. The minimum Gasteiger partial charge on any atom is -0.342 e. The van der Waals surface area contributed by atoms with Gasteiger partial charge in [0.25, 0.3) is 5.56 Å². The number of fused-ring (bicyclic) bond motifs is 2. The highest BCUT2D eigenvalue weighted by molar-refractivity contribution is 7.16. The van der Waals surface area contributed by atoms with E-state index in [0.29, 0.717) is 24.3 Å². The highest BCUT2D eigenvalue weighted by Gasteiger charge is 2.32. The number of amides is 1. The van der Waals surface area contributed by atoms with Gasteiger partial charge in [-0.15, -0.1) is 11.3 Å². The highest BCUT2D eigenvalue weighted by Crippen LogP contribution is 2.36. The lowest BCUT2D eigenvalue weighted by Crippen LogP contribution is -2.45. The van der Waals surface area contributed by atoms with Crippen molar-refractivity contribution in [3.63, 3.8) is 0 Å². The van der Waals surface area contributed by atoms with Crippen molar-refractivity contribution in [3.05, 3.63) is 28.1 Å². The molecule has 1 aliphatic heterocycles. The Balaban J connectivity index is 1.39. The summed E-state index contributed by atoms with van der Waals surface area (Å²) in [5.74, 6) is 1.70. The van der Waals surface area contributed by atoms with Crippen LogP contribution in [0.15, 0.2) is 22.6 Å². The Morgan fingerprint density at radius 3 is 2.96 bits per heavy atom. The van der Waals surface area contributed by atoms with E-state index in [1.54, 1.807) is 10.9 Å². The zero-order chi connectivity index (χ0) is 16.5. The largest absolute Gasteiger partial charge is 0.342 e. The summed E-state index contributed by atoms with van der Waals surface area (Å²) in [6.07, 6.45) is 8.39. The number of carbonyl (C=O) groups excluding carboxylic acids is 1. The highest BCUT2D eigenvalue weighted by atomic mass is 32.1. The Bertz CT molecular complexity index is 797. The molecule has 24 heavy (non-hydrogen) atoms. The van der Waals surface area contributed by atoms with Crippen molar-refractivity contribution >= 4 is 27.5 Å². The van der Waals surface area contributed by atoms with Crippen LogP contribution in [0.4, 0.5) is 0 Å². The van der Waals surface area contributed by atoms with Crippen LogP contribution in [0, 0.1) is 11.8 Å². The standard InChI is InChI=1S/C18H23N3O2S/c22-16(20-8-5-13-3-1-2-4-14(13)11-20)6-9-21-12-19-17-15(18(21)23)7-10-24-17/h7,10,12-14H,1-6,8-9,11H2/t13-,14+/m1/s1. The monoisotopic (exact) mass is 345 g/mol. The van der Waals surface area contributed by atoms with Gasteiger partial charge in [0.1, 0.15) is 4.83 Å². The molecule has 1 saturated carbocycles. The quantitative estimate of drug-likeness (QED) is 0.859. The van der Waals surface area contributed by atoms with Gasteiger partial charge in [0.05, 0.1) is 11.7 Å². The lowest BCUT2D eigenvalue weighted by atomic mass is 9.75. The van der Waals surface area contributed by atoms with Gasteiger partial charge in [0, 0.05) is 26.1 Å². The van der Waals surface area contributed by atoms with Crippen molar-refractivity contribution in [3.8, 4) is 0 Å². The zero-order valence-electron chi connectivity index (χ0n) is 13.8. The minimum absolute atomic E-state index is 0.0416. The number of likely N-dealkylation sites (tertiary alicyclic amines) is 1. The van der Waals surface area contributed by atoms with Crippen molar-refractivity contribution in [2.75, 3.05) is 13.1 Å². The molecule has 1 saturated heterocycles. The van der Waals surface area contributed by atoms with Crippen LogP contribution in [0.1, 0.15) is 38.5 Å². The second-order valence-electron chi connectivity index (χ2n) is 7.07. The number of hydrogen-bond donors (Lipinski definition) is 0. The van der Waals surface area contributed by atoms with Crippen LogP contribution in [0.3, 0.4) is 0 Å². The fourth-order valence-electron chi connectivity index (χ4n) is 4.25. The smallest absolute Gasteiger partial charge is 0.262 e. The summed E-state index contributed by atoms with van der Waals surface area (Å²) in [4.78, 5) is 32.0. The molecule has 1 amide bonds. The SMILES string of the molecule is O=C(CCn1cnc2sccc2c1=O)N1CC[C@H]2CCCC[C@H]2C1. The van der Waals surface area contributed by atoms with Crippen LogP contribution in [-0.2, 0) is 11.3 Å². The van der Waals surface area contributed by atoms with E-state index in [4.69, 9.17) is 0 Å². The van der Waals surface area contributed by atoms with E-state index in [-0.39, 0.29) is 11.5 Å². The molecule has 2 fully saturated rings. The molecule has 2 atom stereocenters. The molecule has 0 radical (unpaired) electrons. The van der Waals surface area contributed by atoms with E-state index < -0.39 is 0 Å². The number of rotatable bonds is 3. The topological polar surface area (TPSA) is 55.2 Å². The first kappa shape index (κ1) is 15.8. The van der Waals surface area contributed by atoms with E-state index in [9.17, 15) is 9.59 Å². The van der Waals surface area contributed by atoms with Gasteiger partial charge in [-0.25, -0.2) is 4.98 Å². The molecule has 4 rings (SSSR count). The number of nitrogens with zero attached hydrogens (tertiary/aromatic N) is 3. The Labute approximate surface area is 145 Å². The first-order valence-electron chi connectivity index (χ1n) is 8.93. The molecular weight excluding hydrogens is 322 g/mol. The molecule has 5 nitrogen and oxygen atoms in total. The van der Waals surface area contributed by atoms with Gasteiger partial charge in [-0.1, -0.05) is 19.3 Å². The lowest BCUT2D eigenvalue weighted by Gasteiger charge is -2.41. The third-order valence-electron chi connectivity index (χ3n) is 5.66. The van der Waals surface area contributed by atoms with Gasteiger partial charge >= 0.3 is 0 Å². The predicted octanol–water partition coefficient (Wildman–Crippen LogP) is 2.89. The lowest BCUT2D eigenvalue weighted by molar-refractivity contribution is -0.134. The maximum atomic E-state index is 12.6. The van der Waals surface area contributed by atoms with Gasteiger partial charge in [-0.3, -0.25) is 14.2 Å². The third-order valence-corrected chi connectivity index (χ3v) is 6.48. The number of aromatic nitrogens is 2. The number of hydrogen-bond acceptors (Lipinski definition) is 4. The summed E-state index contributed by atoms with van der Waals surface area (Å²) < 4.78 is 1.57. The molecule has 0 spiro atoms. The first-order valence-corrected chi connectivity index (χ1v) is 9.81. The van der Waals surface area contributed by atoms with Gasteiger partial charge in [-0.05, 0) is 36.1 Å². The van der Waals surface area contributed by atoms with Crippen LogP contribution >= 0.6 is 11.3 Å². The molecule has 1 aliphatic carbocycles. The summed E-state index contributed by atoms with van der Waals surface area (Å²) >= 11 is 1.47. The van der Waals surface area contributed by atoms with Gasteiger partial charge < -0.3 is 4.90 Å². The molecule has 0 aromatic carbocycles. The van der Waals surface area contributed by atoms with Crippen molar-refractivity contribution in [1.29, 1.82) is 0 Å². The van der Waals surface area contributed by atoms with Crippen LogP contribution in [-0.4, -0.2) is 33.4 Å². The molecular formula is C18H23N3O2S. The van der Waals surface area contributed by atoms with Crippen LogP contribution < -0.4 is 5.56 Å². The first-order chi connectivity index (χ1) is 11.7. The molecule has 2 aromatic rings. The van der Waals surface area contributed by atoms with E-state index in [0.717, 1.165) is 30.3 Å². The fraction of sp³-hybridized carbons (Fsp3) is 0.611. The molecule has 0 N–H and O–H groups in total.